The predicted octanol–water partition coefficient (Wildman–Crippen LogP) is 3.06. The summed E-state index contributed by atoms with van der Waals surface area (Å²) in [6.07, 6.45) is 0. The molecule has 0 aliphatic carbocycles. The first-order valence-corrected chi connectivity index (χ1v) is 7.14. The largest absolute Gasteiger partial charge is 0.491 e. The fourth-order valence-electron chi connectivity index (χ4n) is 1.88. The number of ether oxygens (including phenoxy) is 2. The first kappa shape index (κ1) is 16.7. The molecule has 1 amide bonds. The van der Waals surface area contributed by atoms with Gasteiger partial charge in [-0.1, -0.05) is 12.1 Å². The quantitative estimate of drug-likeness (QED) is 0.852. The zero-order valence-corrected chi connectivity index (χ0v) is 12.6. The fraction of sp³-hybridized carbons (Fsp3) is 0.235. The summed E-state index contributed by atoms with van der Waals surface area (Å²) in [6, 6.07) is 10.0. The van der Waals surface area contributed by atoms with E-state index in [-0.39, 0.29) is 30.6 Å². The van der Waals surface area contributed by atoms with E-state index in [4.69, 9.17) is 9.47 Å². The molecule has 6 heteroatoms. The maximum atomic E-state index is 13.7. The molecule has 2 aromatic carbocycles. The van der Waals surface area contributed by atoms with Gasteiger partial charge in [-0.25, -0.2) is 8.78 Å². The van der Waals surface area contributed by atoms with Gasteiger partial charge in [-0.3, -0.25) is 4.79 Å². The maximum Gasteiger partial charge on any atom is 0.258 e. The van der Waals surface area contributed by atoms with Crippen molar-refractivity contribution in [3.05, 3.63) is 59.7 Å². The summed E-state index contributed by atoms with van der Waals surface area (Å²) >= 11 is 0. The van der Waals surface area contributed by atoms with E-state index in [2.05, 4.69) is 5.32 Å². The standard InChI is InChI=1S/C17H17F2NO3/c1-2-22-16-7-6-12(8-15(16)19)10-20-17(21)11-23-14-5-3-4-13(18)9-14/h3-9H,2,10-11H2,1H3,(H,20,21). The van der Waals surface area contributed by atoms with E-state index < -0.39 is 11.6 Å². The molecule has 0 aromatic heterocycles. The van der Waals surface area contributed by atoms with Crippen molar-refractivity contribution in [3.63, 3.8) is 0 Å². The Bertz CT molecular complexity index is 677. The lowest BCUT2D eigenvalue weighted by atomic mass is 10.2. The molecule has 0 fully saturated rings. The zero-order valence-electron chi connectivity index (χ0n) is 12.6. The molecule has 2 aromatic rings. The van der Waals surface area contributed by atoms with Gasteiger partial charge >= 0.3 is 0 Å². The highest BCUT2D eigenvalue weighted by molar-refractivity contribution is 5.77. The Morgan fingerprint density at radius 1 is 1.13 bits per heavy atom. The third-order valence-corrected chi connectivity index (χ3v) is 2.95. The van der Waals surface area contributed by atoms with Crippen LogP contribution >= 0.6 is 0 Å². The van der Waals surface area contributed by atoms with Gasteiger partial charge in [-0.2, -0.15) is 0 Å². The van der Waals surface area contributed by atoms with Gasteiger partial charge in [0.05, 0.1) is 6.61 Å². The van der Waals surface area contributed by atoms with Gasteiger partial charge in [0.25, 0.3) is 5.91 Å². The molecule has 0 aliphatic rings. The molecule has 0 unspecified atom stereocenters. The summed E-state index contributed by atoms with van der Waals surface area (Å²) < 4.78 is 36.9. The second-order valence-electron chi connectivity index (χ2n) is 4.72. The Labute approximate surface area is 133 Å². The monoisotopic (exact) mass is 321 g/mol. The molecule has 23 heavy (non-hydrogen) atoms. The van der Waals surface area contributed by atoms with E-state index in [1.54, 1.807) is 19.1 Å². The Morgan fingerprint density at radius 3 is 2.65 bits per heavy atom. The number of hydrogen-bond donors (Lipinski definition) is 1. The summed E-state index contributed by atoms with van der Waals surface area (Å²) in [4.78, 5) is 11.7. The molecule has 0 atom stereocenters. The predicted molar refractivity (Wildman–Crippen MR) is 81.3 cm³/mol. The Morgan fingerprint density at radius 2 is 1.96 bits per heavy atom. The molecule has 0 saturated heterocycles. The lowest BCUT2D eigenvalue weighted by Crippen LogP contribution is -2.28. The van der Waals surface area contributed by atoms with E-state index >= 15 is 0 Å². The van der Waals surface area contributed by atoms with Crippen LogP contribution in [0.1, 0.15) is 12.5 Å². The number of amides is 1. The highest BCUT2D eigenvalue weighted by atomic mass is 19.1. The van der Waals surface area contributed by atoms with Gasteiger partial charge < -0.3 is 14.8 Å². The molecule has 0 bridgehead atoms. The third-order valence-electron chi connectivity index (χ3n) is 2.95. The molecule has 0 aliphatic heterocycles. The second kappa shape index (κ2) is 8.12. The first-order chi connectivity index (χ1) is 11.1. The second-order valence-corrected chi connectivity index (χ2v) is 4.72. The molecule has 1 N–H and O–H groups in total. The van der Waals surface area contributed by atoms with Gasteiger partial charge in [0.1, 0.15) is 11.6 Å². The van der Waals surface area contributed by atoms with E-state index in [9.17, 15) is 13.6 Å². The topological polar surface area (TPSA) is 47.6 Å². The van der Waals surface area contributed by atoms with E-state index in [1.807, 2.05) is 0 Å². The van der Waals surface area contributed by atoms with Crippen molar-refractivity contribution < 1.29 is 23.0 Å². The van der Waals surface area contributed by atoms with Crippen molar-refractivity contribution in [1.29, 1.82) is 0 Å². The minimum atomic E-state index is -0.477. The van der Waals surface area contributed by atoms with Gasteiger partial charge in [0, 0.05) is 12.6 Å². The van der Waals surface area contributed by atoms with E-state index in [0.29, 0.717) is 12.2 Å². The van der Waals surface area contributed by atoms with Gasteiger partial charge in [-0.15, -0.1) is 0 Å². The van der Waals surface area contributed by atoms with Crippen LogP contribution in [0, 0.1) is 11.6 Å². The van der Waals surface area contributed by atoms with Crippen LogP contribution < -0.4 is 14.8 Å². The van der Waals surface area contributed by atoms with E-state index in [0.717, 1.165) is 0 Å². The van der Waals surface area contributed by atoms with Crippen molar-refractivity contribution in [2.45, 2.75) is 13.5 Å². The number of carbonyl (C=O) groups is 1. The van der Waals surface area contributed by atoms with Crippen LogP contribution in [0.3, 0.4) is 0 Å². The highest BCUT2D eigenvalue weighted by Crippen LogP contribution is 2.18. The Hall–Kier alpha value is -2.63. The molecule has 4 nitrogen and oxygen atoms in total. The van der Waals surface area contributed by atoms with Gasteiger partial charge in [-0.05, 0) is 36.8 Å². The molecule has 0 saturated carbocycles. The van der Waals surface area contributed by atoms with Crippen LogP contribution in [-0.2, 0) is 11.3 Å². The average molecular weight is 321 g/mol. The summed E-state index contributed by atoms with van der Waals surface area (Å²) in [5.41, 5.74) is 0.602. The maximum absolute atomic E-state index is 13.7. The van der Waals surface area contributed by atoms with Crippen LogP contribution in [0.2, 0.25) is 0 Å². The minimum absolute atomic E-state index is 0.161. The van der Waals surface area contributed by atoms with Crippen LogP contribution in [0.5, 0.6) is 11.5 Å². The summed E-state index contributed by atoms with van der Waals surface area (Å²) in [7, 11) is 0. The van der Waals surface area contributed by atoms with Gasteiger partial charge in [0.15, 0.2) is 18.2 Å². The molecular formula is C17H17F2NO3. The Balaban J connectivity index is 1.81. The fourth-order valence-corrected chi connectivity index (χ4v) is 1.88. The molecule has 122 valence electrons. The smallest absolute Gasteiger partial charge is 0.258 e. The van der Waals surface area contributed by atoms with Gasteiger partial charge in [0.2, 0.25) is 0 Å². The van der Waals surface area contributed by atoms with Crippen LogP contribution in [0.15, 0.2) is 42.5 Å². The SMILES string of the molecule is CCOc1ccc(CNC(=O)COc2cccc(F)c2)cc1F. The number of rotatable bonds is 7. The summed E-state index contributed by atoms with van der Waals surface area (Å²) in [6.45, 7) is 2.06. The number of halogens is 2. The summed E-state index contributed by atoms with van der Waals surface area (Å²) in [5, 5.41) is 2.60. The van der Waals surface area contributed by atoms with Crippen molar-refractivity contribution in [2.24, 2.45) is 0 Å². The highest BCUT2D eigenvalue weighted by Gasteiger charge is 2.07. The van der Waals surface area contributed by atoms with Crippen LogP contribution in [0.4, 0.5) is 8.78 Å². The lowest BCUT2D eigenvalue weighted by molar-refractivity contribution is -0.123. The number of carbonyl (C=O) groups excluding carboxylic acids is 1. The Kier molecular flexibility index (Phi) is 5.91. The van der Waals surface area contributed by atoms with Crippen LogP contribution in [0.25, 0.3) is 0 Å². The summed E-state index contributed by atoms with van der Waals surface area (Å²) in [5.74, 6) is -0.852. The number of benzene rings is 2. The molecule has 0 radical (unpaired) electrons. The van der Waals surface area contributed by atoms with E-state index in [1.165, 1.54) is 30.3 Å². The zero-order chi connectivity index (χ0) is 16.7. The third kappa shape index (κ3) is 5.25. The molecule has 0 heterocycles. The van der Waals surface area contributed by atoms with Crippen molar-refractivity contribution in [1.82, 2.24) is 5.32 Å². The molecule has 0 spiro atoms. The van der Waals surface area contributed by atoms with Crippen LogP contribution in [-0.4, -0.2) is 19.1 Å². The number of hydrogen-bond acceptors (Lipinski definition) is 3. The van der Waals surface area contributed by atoms with Crippen molar-refractivity contribution in [3.8, 4) is 11.5 Å². The normalized spacial score (nSPS) is 10.2. The van der Waals surface area contributed by atoms with Crippen molar-refractivity contribution in [2.75, 3.05) is 13.2 Å². The molecular weight excluding hydrogens is 304 g/mol. The van der Waals surface area contributed by atoms with Crippen molar-refractivity contribution >= 4 is 5.91 Å². The minimum Gasteiger partial charge on any atom is -0.491 e. The first-order valence-electron chi connectivity index (χ1n) is 7.14. The average Bonchev–Trinajstić information content (AvgIpc) is 2.53. The lowest BCUT2D eigenvalue weighted by Gasteiger charge is -2.09. The number of nitrogens with one attached hydrogen (secondary N) is 1. The molecule has 2 rings (SSSR count).